The third kappa shape index (κ3) is 3.36. The second-order valence-corrected chi connectivity index (χ2v) is 5.68. The number of nitro benzene ring substituents is 1. The molecular weight excluding hydrogens is 326 g/mol. The van der Waals surface area contributed by atoms with Crippen LogP contribution in [0.5, 0.6) is 0 Å². The molecule has 0 aliphatic heterocycles. The van der Waals surface area contributed by atoms with Gasteiger partial charge in [-0.2, -0.15) is 0 Å². The summed E-state index contributed by atoms with van der Waals surface area (Å²) in [4.78, 5) is 14.7. The molecule has 3 aromatic rings. The Morgan fingerprint density at radius 3 is 2.75 bits per heavy atom. The fraction of sp³-hybridized carbons (Fsp3) is 0.0556. The van der Waals surface area contributed by atoms with Crippen molar-refractivity contribution in [3.63, 3.8) is 0 Å². The lowest BCUT2D eigenvalue weighted by Gasteiger charge is -2.08. The molecule has 24 heavy (non-hydrogen) atoms. The third-order valence-electron chi connectivity index (χ3n) is 3.60. The molecular formula is C18H14ClN3O2. The van der Waals surface area contributed by atoms with E-state index in [2.05, 4.69) is 4.99 Å². The van der Waals surface area contributed by atoms with Gasteiger partial charge in [-0.3, -0.25) is 15.1 Å². The molecule has 1 aromatic heterocycles. The number of halogens is 1. The van der Waals surface area contributed by atoms with Gasteiger partial charge in [0, 0.05) is 29.0 Å². The Morgan fingerprint density at radius 2 is 2.00 bits per heavy atom. The highest BCUT2D eigenvalue weighted by Crippen LogP contribution is 2.22. The van der Waals surface area contributed by atoms with Crippen molar-refractivity contribution in [2.24, 2.45) is 4.99 Å². The van der Waals surface area contributed by atoms with Crippen LogP contribution >= 0.6 is 11.6 Å². The second-order valence-electron chi connectivity index (χ2n) is 5.27. The summed E-state index contributed by atoms with van der Waals surface area (Å²) in [5, 5.41) is 11.5. The lowest BCUT2D eigenvalue weighted by atomic mass is 10.2. The van der Waals surface area contributed by atoms with Crippen molar-refractivity contribution in [1.29, 1.82) is 0 Å². The molecule has 0 fully saturated rings. The molecule has 6 heteroatoms. The second kappa shape index (κ2) is 6.68. The highest BCUT2D eigenvalue weighted by Gasteiger charge is 2.06. The van der Waals surface area contributed by atoms with E-state index in [0.29, 0.717) is 10.7 Å². The first-order valence-corrected chi connectivity index (χ1v) is 7.65. The Bertz CT molecular complexity index is 932. The predicted molar refractivity (Wildman–Crippen MR) is 95.9 cm³/mol. The van der Waals surface area contributed by atoms with Crippen LogP contribution in [0.1, 0.15) is 11.3 Å². The number of non-ortho nitro benzene ring substituents is 1. The summed E-state index contributed by atoms with van der Waals surface area (Å²) in [6, 6.07) is 15.9. The molecule has 0 saturated carbocycles. The average molecular weight is 340 g/mol. The van der Waals surface area contributed by atoms with Gasteiger partial charge >= 0.3 is 0 Å². The third-order valence-corrected chi connectivity index (χ3v) is 4.01. The van der Waals surface area contributed by atoms with Crippen molar-refractivity contribution in [1.82, 2.24) is 4.57 Å². The molecule has 0 atom stereocenters. The monoisotopic (exact) mass is 339 g/mol. The van der Waals surface area contributed by atoms with Crippen LogP contribution in [0.2, 0.25) is 5.02 Å². The Kier molecular flexibility index (Phi) is 4.44. The first-order valence-electron chi connectivity index (χ1n) is 7.27. The number of benzene rings is 2. The standard InChI is InChI=1S/C18H14ClN3O2/c1-13-7-8-15(11-18(13)19)21-9-3-6-17(21)12-20-14-4-2-5-16(10-14)22(23)24/h2-12H,1H3. The van der Waals surface area contributed by atoms with Gasteiger partial charge in [-0.05, 0) is 42.8 Å². The quantitative estimate of drug-likeness (QED) is 0.377. The number of hydrogen-bond acceptors (Lipinski definition) is 3. The van der Waals surface area contributed by atoms with Crippen molar-refractivity contribution in [2.45, 2.75) is 6.92 Å². The lowest BCUT2D eigenvalue weighted by molar-refractivity contribution is -0.384. The van der Waals surface area contributed by atoms with Crippen LogP contribution in [-0.4, -0.2) is 15.7 Å². The summed E-state index contributed by atoms with van der Waals surface area (Å²) >= 11 is 6.19. The maximum Gasteiger partial charge on any atom is 0.271 e. The number of nitro groups is 1. The van der Waals surface area contributed by atoms with Gasteiger partial charge < -0.3 is 4.57 Å². The van der Waals surface area contributed by atoms with E-state index >= 15 is 0 Å². The van der Waals surface area contributed by atoms with Crippen molar-refractivity contribution in [3.8, 4) is 5.69 Å². The fourth-order valence-electron chi connectivity index (χ4n) is 2.29. The van der Waals surface area contributed by atoms with Gasteiger partial charge in [0.25, 0.3) is 5.69 Å². The largest absolute Gasteiger partial charge is 0.316 e. The van der Waals surface area contributed by atoms with Crippen molar-refractivity contribution >= 4 is 29.2 Å². The molecule has 1 heterocycles. The van der Waals surface area contributed by atoms with E-state index in [1.165, 1.54) is 12.1 Å². The fourth-order valence-corrected chi connectivity index (χ4v) is 2.47. The summed E-state index contributed by atoms with van der Waals surface area (Å²) in [5.74, 6) is 0. The lowest BCUT2D eigenvalue weighted by Crippen LogP contribution is -1.98. The number of aromatic nitrogens is 1. The van der Waals surface area contributed by atoms with Gasteiger partial charge in [0.15, 0.2) is 0 Å². The molecule has 5 nitrogen and oxygen atoms in total. The Morgan fingerprint density at radius 1 is 1.17 bits per heavy atom. The number of hydrogen-bond donors (Lipinski definition) is 0. The molecule has 0 bridgehead atoms. The predicted octanol–water partition coefficient (Wildman–Crippen LogP) is 5.10. The van der Waals surface area contributed by atoms with E-state index in [-0.39, 0.29) is 5.69 Å². The van der Waals surface area contributed by atoms with E-state index in [4.69, 9.17) is 11.6 Å². The summed E-state index contributed by atoms with van der Waals surface area (Å²) in [6.45, 7) is 1.95. The van der Waals surface area contributed by atoms with E-state index < -0.39 is 4.92 Å². The van der Waals surface area contributed by atoms with Gasteiger partial charge in [-0.1, -0.05) is 23.7 Å². The SMILES string of the molecule is Cc1ccc(-n2cccc2C=Nc2cccc([N+](=O)[O-])c2)cc1Cl. The Hall–Kier alpha value is -2.92. The summed E-state index contributed by atoms with van der Waals surface area (Å²) in [5.41, 5.74) is 3.33. The molecule has 2 aromatic carbocycles. The molecule has 120 valence electrons. The van der Waals surface area contributed by atoms with Crippen molar-refractivity contribution in [2.75, 3.05) is 0 Å². The number of aryl methyl sites for hydroxylation is 1. The molecule has 0 amide bonds. The zero-order valence-electron chi connectivity index (χ0n) is 12.9. The summed E-state index contributed by atoms with van der Waals surface area (Å²) in [7, 11) is 0. The van der Waals surface area contributed by atoms with Crippen molar-refractivity contribution in [3.05, 3.63) is 87.2 Å². The maximum absolute atomic E-state index is 10.8. The topological polar surface area (TPSA) is 60.4 Å². The zero-order chi connectivity index (χ0) is 17.1. The minimum Gasteiger partial charge on any atom is -0.316 e. The van der Waals surface area contributed by atoms with E-state index in [1.807, 2.05) is 48.0 Å². The van der Waals surface area contributed by atoms with Crippen LogP contribution in [0, 0.1) is 17.0 Å². The molecule has 0 aliphatic rings. The van der Waals surface area contributed by atoms with E-state index in [0.717, 1.165) is 16.9 Å². The molecule has 0 saturated heterocycles. The van der Waals surface area contributed by atoms with E-state index in [9.17, 15) is 10.1 Å². The van der Waals surface area contributed by atoms with Crippen LogP contribution < -0.4 is 0 Å². The molecule has 0 unspecified atom stereocenters. The summed E-state index contributed by atoms with van der Waals surface area (Å²) < 4.78 is 1.95. The highest BCUT2D eigenvalue weighted by molar-refractivity contribution is 6.31. The average Bonchev–Trinajstić information content (AvgIpc) is 3.04. The van der Waals surface area contributed by atoms with Crippen LogP contribution in [0.4, 0.5) is 11.4 Å². The zero-order valence-corrected chi connectivity index (χ0v) is 13.6. The van der Waals surface area contributed by atoms with E-state index in [1.54, 1.807) is 18.3 Å². The van der Waals surface area contributed by atoms with Gasteiger partial charge in [-0.25, -0.2) is 0 Å². The normalized spacial score (nSPS) is 11.1. The first-order chi connectivity index (χ1) is 11.5. The Labute approximate surface area is 144 Å². The smallest absolute Gasteiger partial charge is 0.271 e. The molecule has 3 rings (SSSR count). The van der Waals surface area contributed by atoms with Crippen LogP contribution in [0.15, 0.2) is 65.8 Å². The van der Waals surface area contributed by atoms with Crippen LogP contribution in [-0.2, 0) is 0 Å². The van der Waals surface area contributed by atoms with Gasteiger partial charge in [0.2, 0.25) is 0 Å². The first kappa shape index (κ1) is 16.0. The molecule has 0 spiro atoms. The maximum atomic E-state index is 10.8. The van der Waals surface area contributed by atoms with Gasteiger partial charge in [0.05, 0.1) is 22.5 Å². The van der Waals surface area contributed by atoms with Crippen LogP contribution in [0.25, 0.3) is 5.69 Å². The summed E-state index contributed by atoms with van der Waals surface area (Å²) in [6.07, 6.45) is 3.59. The minimum atomic E-state index is -0.435. The Balaban J connectivity index is 1.92. The molecule has 0 radical (unpaired) electrons. The number of rotatable bonds is 4. The number of aliphatic imine (C=N–C) groups is 1. The highest BCUT2D eigenvalue weighted by atomic mass is 35.5. The minimum absolute atomic E-state index is 0.0188. The van der Waals surface area contributed by atoms with Crippen molar-refractivity contribution < 1.29 is 4.92 Å². The van der Waals surface area contributed by atoms with Gasteiger partial charge in [-0.15, -0.1) is 0 Å². The van der Waals surface area contributed by atoms with Gasteiger partial charge in [0.1, 0.15) is 0 Å². The molecule has 0 aliphatic carbocycles. The molecule has 0 N–H and O–H groups in total. The number of nitrogens with zero attached hydrogens (tertiary/aromatic N) is 3. The van der Waals surface area contributed by atoms with Crippen LogP contribution in [0.3, 0.4) is 0 Å².